The second-order valence-electron chi connectivity index (χ2n) is 8.71. The van der Waals surface area contributed by atoms with Gasteiger partial charge in [-0.05, 0) is 41.0 Å². The highest BCUT2D eigenvalue weighted by molar-refractivity contribution is 6.10. The number of carboxylic acids is 1. The second-order valence-corrected chi connectivity index (χ2v) is 8.71. The van der Waals surface area contributed by atoms with E-state index in [0.29, 0.717) is 28.1 Å². The SMILES string of the molecule is O=C(O)C(c1ccccc1)(c1ccccc1)c1ccc([N+]([O-])=C(c2ccccc2)c2ccccc2)cc1. The number of carboxylic acid groups (broad SMARTS) is 1. The molecule has 37 heavy (non-hydrogen) atoms. The Morgan fingerprint density at radius 2 is 0.892 bits per heavy atom. The van der Waals surface area contributed by atoms with E-state index in [1.165, 1.54) is 0 Å². The Morgan fingerprint density at radius 3 is 1.27 bits per heavy atom. The molecule has 0 aliphatic rings. The highest BCUT2D eigenvalue weighted by atomic mass is 16.5. The fourth-order valence-electron chi connectivity index (χ4n) is 4.82. The molecule has 0 atom stereocenters. The molecular weight excluding hydrogens is 458 g/mol. The van der Waals surface area contributed by atoms with Crippen LogP contribution in [0.4, 0.5) is 5.69 Å². The van der Waals surface area contributed by atoms with Crippen LogP contribution < -0.4 is 0 Å². The maximum Gasteiger partial charge on any atom is 0.323 e. The summed E-state index contributed by atoms with van der Waals surface area (Å²) >= 11 is 0. The molecule has 4 nitrogen and oxygen atoms in total. The van der Waals surface area contributed by atoms with Crippen molar-refractivity contribution in [1.29, 1.82) is 0 Å². The van der Waals surface area contributed by atoms with E-state index in [0.717, 1.165) is 15.9 Å². The van der Waals surface area contributed by atoms with Crippen LogP contribution in [-0.4, -0.2) is 21.5 Å². The lowest BCUT2D eigenvalue weighted by Gasteiger charge is -2.31. The summed E-state index contributed by atoms with van der Waals surface area (Å²) in [7, 11) is 0. The molecule has 0 saturated carbocycles. The standard InChI is InChI=1S/C33H25NO3/c35-32(36)33(27-17-9-3-10-18-27,28-19-11-4-12-20-28)29-21-23-30(24-22-29)34(37)31(25-13-5-1-6-14-25)26-15-7-2-8-16-26/h1-24H,(H,35,36). The van der Waals surface area contributed by atoms with E-state index in [-0.39, 0.29) is 0 Å². The molecule has 0 heterocycles. The van der Waals surface area contributed by atoms with Crippen LogP contribution >= 0.6 is 0 Å². The van der Waals surface area contributed by atoms with Gasteiger partial charge in [0, 0.05) is 23.3 Å². The number of hydrogen-bond acceptors (Lipinski definition) is 2. The molecule has 0 aliphatic carbocycles. The lowest BCUT2D eigenvalue weighted by Crippen LogP contribution is -2.38. The van der Waals surface area contributed by atoms with E-state index in [1.807, 2.05) is 121 Å². The molecule has 5 aromatic carbocycles. The minimum atomic E-state index is -1.43. The zero-order chi connectivity index (χ0) is 25.7. The normalized spacial score (nSPS) is 11.0. The summed E-state index contributed by atoms with van der Waals surface area (Å²) < 4.78 is 0.905. The van der Waals surface area contributed by atoms with E-state index in [9.17, 15) is 15.1 Å². The van der Waals surface area contributed by atoms with Gasteiger partial charge in [-0.15, -0.1) is 0 Å². The lowest BCUT2D eigenvalue weighted by atomic mass is 9.69. The molecule has 0 bridgehead atoms. The van der Waals surface area contributed by atoms with Crippen molar-refractivity contribution in [3.05, 3.63) is 179 Å². The molecule has 0 saturated heterocycles. The summed E-state index contributed by atoms with van der Waals surface area (Å²) in [4.78, 5) is 13.0. The molecule has 0 fully saturated rings. The lowest BCUT2D eigenvalue weighted by molar-refractivity contribution is -0.359. The van der Waals surface area contributed by atoms with Crippen LogP contribution in [0, 0.1) is 5.21 Å². The zero-order valence-corrected chi connectivity index (χ0v) is 20.1. The van der Waals surface area contributed by atoms with E-state index in [2.05, 4.69) is 0 Å². The van der Waals surface area contributed by atoms with E-state index in [4.69, 9.17) is 0 Å². The molecule has 0 amide bonds. The van der Waals surface area contributed by atoms with Gasteiger partial charge >= 0.3 is 5.97 Å². The topological polar surface area (TPSA) is 63.4 Å². The van der Waals surface area contributed by atoms with Crippen LogP contribution in [0.5, 0.6) is 0 Å². The number of rotatable bonds is 7. The monoisotopic (exact) mass is 483 g/mol. The first kappa shape index (κ1) is 23.8. The summed E-state index contributed by atoms with van der Waals surface area (Å²) in [6.45, 7) is 0. The first-order valence-electron chi connectivity index (χ1n) is 12.0. The zero-order valence-electron chi connectivity index (χ0n) is 20.1. The van der Waals surface area contributed by atoms with Crippen molar-refractivity contribution in [2.45, 2.75) is 5.41 Å². The molecule has 0 unspecified atom stereocenters. The Labute approximate surface area is 216 Å². The largest absolute Gasteiger partial charge is 0.618 e. The maximum absolute atomic E-state index is 13.7. The molecule has 4 heteroatoms. The number of carbonyl (C=O) groups is 1. The summed E-state index contributed by atoms with van der Waals surface area (Å²) in [6.07, 6.45) is 0. The Morgan fingerprint density at radius 1 is 0.541 bits per heavy atom. The van der Waals surface area contributed by atoms with Gasteiger partial charge in [-0.2, -0.15) is 4.74 Å². The van der Waals surface area contributed by atoms with Crippen molar-refractivity contribution in [2.24, 2.45) is 0 Å². The predicted octanol–water partition coefficient (Wildman–Crippen LogP) is 6.79. The van der Waals surface area contributed by atoms with Crippen molar-refractivity contribution in [2.75, 3.05) is 0 Å². The van der Waals surface area contributed by atoms with Gasteiger partial charge in [0.1, 0.15) is 5.41 Å². The summed E-state index contributed by atoms with van der Waals surface area (Å²) in [6, 6.07) is 44.3. The smallest absolute Gasteiger partial charge is 0.323 e. The highest BCUT2D eigenvalue weighted by Gasteiger charge is 2.44. The summed E-state index contributed by atoms with van der Waals surface area (Å²) in [5, 5.41) is 24.4. The van der Waals surface area contributed by atoms with Gasteiger partial charge in [0.2, 0.25) is 11.4 Å². The molecule has 5 aromatic rings. The fraction of sp³-hybridized carbons (Fsp3) is 0.0303. The van der Waals surface area contributed by atoms with Crippen LogP contribution in [0.1, 0.15) is 27.8 Å². The number of benzene rings is 5. The third-order valence-electron chi connectivity index (χ3n) is 6.57. The minimum absolute atomic E-state index is 0.409. The average Bonchev–Trinajstić information content (AvgIpc) is 2.96. The van der Waals surface area contributed by atoms with Gasteiger partial charge in [0.15, 0.2) is 0 Å². The summed E-state index contributed by atoms with van der Waals surface area (Å²) in [5.74, 6) is -0.988. The van der Waals surface area contributed by atoms with E-state index >= 15 is 0 Å². The molecule has 180 valence electrons. The van der Waals surface area contributed by atoms with Gasteiger partial charge in [0.25, 0.3) is 0 Å². The van der Waals surface area contributed by atoms with Gasteiger partial charge in [0.05, 0.1) is 0 Å². The number of nitrogens with zero attached hydrogens (tertiary/aromatic N) is 1. The second kappa shape index (κ2) is 10.3. The molecule has 0 aromatic heterocycles. The Hall–Kier alpha value is -4.96. The minimum Gasteiger partial charge on any atom is -0.618 e. The number of hydrogen-bond donors (Lipinski definition) is 1. The molecule has 0 spiro atoms. The van der Waals surface area contributed by atoms with Crippen LogP contribution in [0.2, 0.25) is 0 Å². The Balaban J connectivity index is 1.69. The maximum atomic E-state index is 13.7. The van der Waals surface area contributed by atoms with E-state index < -0.39 is 11.4 Å². The van der Waals surface area contributed by atoms with Crippen LogP contribution in [0.25, 0.3) is 0 Å². The van der Waals surface area contributed by atoms with Crippen molar-refractivity contribution < 1.29 is 14.6 Å². The van der Waals surface area contributed by atoms with Gasteiger partial charge in [-0.1, -0.05) is 109 Å². The van der Waals surface area contributed by atoms with Crippen molar-refractivity contribution in [3.63, 3.8) is 0 Å². The molecule has 1 N–H and O–H groups in total. The molecule has 0 radical (unpaired) electrons. The Kier molecular flexibility index (Phi) is 6.64. The third-order valence-corrected chi connectivity index (χ3v) is 6.57. The van der Waals surface area contributed by atoms with Gasteiger partial charge < -0.3 is 10.3 Å². The van der Waals surface area contributed by atoms with Crippen LogP contribution in [-0.2, 0) is 10.2 Å². The summed E-state index contributed by atoms with van der Waals surface area (Å²) in [5.41, 5.74) is 2.93. The third kappa shape index (κ3) is 4.41. The molecule has 0 aliphatic heterocycles. The Bertz CT molecular complexity index is 1430. The highest BCUT2D eigenvalue weighted by Crippen LogP contribution is 2.40. The van der Waals surface area contributed by atoms with Crippen molar-refractivity contribution in [1.82, 2.24) is 0 Å². The molecule has 5 rings (SSSR count). The van der Waals surface area contributed by atoms with Crippen molar-refractivity contribution >= 4 is 17.4 Å². The van der Waals surface area contributed by atoms with Gasteiger partial charge in [-0.3, -0.25) is 4.79 Å². The van der Waals surface area contributed by atoms with Crippen molar-refractivity contribution in [3.8, 4) is 0 Å². The van der Waals surface area contributed by atoms with E-state index in [1.54, 1.807) is 24.3 Å². The number of aliphatic carboxylic acids is 1. The first-order chi connectivity index (χ1) is 18.1. The van der Waals surface area contributed by atoms with Crippen LogP contribution in [0.3, 0.4) is 0 Å². The molecular formula is C33H25NO3. The predicted molar refractivity (Wildman–Crippen MR) is 146 cm³/mol. The fourth-order valence-corrected chi connectivity index (χ4v) is 4.82. The quantitative estimate of drug-likeness (QED) is 0.0912. The van der Waals surface area contributed by atoms with Gasteiger partial charge in [-0.25, -0.2) is 0 Å². The van der Waals surface area contributed by atoms with Crippen LogP contribution in [0.15, 0.2) is 146 Å². The first-order valence-corrected chi connectivity index (χ1v) is 12.0. The average molecular weight is 484 g/mol.